The molecular formula is C8H16N2O2. The number of methoxy groups -OCH3 is 1. The molecule has 12 heavy (non-hydrogen) atoms. The topological polar surface area (TPSA) is 50.4 Å². The highest BCUT2D eigenvalue weighted by Crippen LogP contribution is 2.18. The van der Waals surface area contributed by atoms with Crippen LogP contribution in [0.3, 0.4) is 0 Å². The van der Waals surface area contributed by atoms with Crippen molar-refractivity contribution in [2.75, 3.05) is 27.2 Å². The average molecular weight is 172 g/mol. The van der Waals surface area contributed by atoms with Crippen LogP contribution in [0.1, 0.15) is 12.8 Å². The summed E-state index contributed by atoms with van der Waals surface area (Å²) in [6, 6.07) is 0. The second kappa shape index (κ2) is 3.87. The molecule has 0 bridgehead atoms. The maximum Gasteiger partial charge on any atom is 0.326 e. The van der Waals surface area contributed by atoms with Crippen molar-refractivity contribution in [3.63, 3.8) is 0 Å². The van der Waals surface area contributed by atoms with Gasteiger partial charge >= 0.3 is 5.97 Å². The fraction of sp³-hybridized carbons (Fsp3) is 0.875. The Hall–Kier alpha value is -0.610. The highest BCUT2D eigenvalue weighted by atomic mass is 16.5. The number of carbonyl (C=O) groups is 1. The Morgan fingerprint density at radius 3 is 2.50 bits per heavy atom. The van der Waals surface area contributed by atoms with Crippen LogP contribution < -0.4 is 10.6 Å². The van der Waals surface area contributed by atoms with Crippen molar-refractivity contribution in [1.82, 2.24) is 10.6 Å². The quantitative estimate of drug-likeness (QED) is 0.551. The molecule has 0 atom stereocenters. The molecule has 1 saturated heterocycles. The molecule has 4 heteroatoms. The van der Waals surface area contributed by atoms with Gasteiger partial charge in [0.1, 0.15) is 5.54 Å². The summed E-state index contributed by atoms with van der Waals surface area (Å²) < 4.78 is 4.75. The predicted molar refractivity (Wildman–Crippen MR) is 45.9 cm³/mol. The van der Waals surface area contributed by atoms with E-state index >= 15 is 0 Å². The van der Waals surface area contributed by atoms with Crippen LogP contribution in [0.2, 0.25) is 0 Å². The van der Waals surface area contributed by atoms with Gasteiger partial charge in [-0.15, -0.1) is 0 Å². The normalized spacial score (nSPS) is 21.8. The molecule has 0 spiro atoms. The lowest BCUT2D eigenvalue weighted by Gasteiger charge is -2.34. The molecule has 1 aliphatic heterocycles. The minimum absolute atomic E-state index is 0.147. The minimum Gasteiger partial charge on any atom is -0.468 e. The van der Waals surface area contributed by atoms with E-state index in [9.17, 15) is 4.79 Å². The zero-order chi connectivity index (χ0) is 9.03. The minimum atomic E-state index is -0.444. The highest BCUT2D eigenvalue weighted by molar-refractivity contribution is 5.80. The van der Waals surface area contributed by atoms with Gasteiger partial charge in [-0.05, 0) is 33.0 Å². The van der Waals surface area contributed by atoms with Crippen molar-refractivity contribution in [3.8, 4) is 0 Å². The van der Waals surface area contributed by atoms with E-state index in [-0.39, 0.29) is 5.97 Å². The number of carbonyl (C=O) groups excluding carboxylic acids is 1. The molecule has 1 aliphatic rings. The third-order valence-electron chi connectivity index (χ3n) is 2.51. The van der Waals surface area contributed by atoms with Crippen molar-refractivity contribution in [3.05, 3.63) is 0 Å². The largest absolute Gasteiger partial charge is 0.468 e. The maximum atomic E-state index is 11.4. The first-order valence-corrected chi connectivity index (χ1v) is 4.23. The van der Waals surface area contributed by atoms with Crippen LogP contribution in [0.15, 0.2) is 0 Å². The van der Waals surface area contributed by atoms with Crippen LogP contribution in [-0.4, -0.2) is 38.8 Å². The summed E-state index contributed by atoms with van der Waals surface area (Å²) in [5.74, 6) is -0.147. The molecule has 0 unspecified atom stereocenters. The molecule has 0 radical (unpaired) electrons. The van der Waals surface area contributed by atoms with Gasteiger partial charge in [-0.25, -0.2) is 0 Å². The lowest BCUT2D eigenvalue weighted by molar-refractivity contribution is -0.149. The van der Waals surface area contributed by atoms with Gasteiger partial charge in [0, 0.05) is 0 Å². The monoisotopic (exact) mass is 172 g/mol. The number of likely N-dealkylation sites (N-methyl/N-ethyl adjacent to an activating group) is 1. The Bertz CT molecular complexity index is 164. The van der Waals surface area contributed by atoms with Crippen LogP contribution in [0.4, 0.5) is 0 Å². The smallest absolute Gasteiger partial charge is 0.326 e. The molecule has 70 valence electrons. The summed E-state index contributed by atoms with van der Waals surface area (Å²) in [6.45, 7) is 1.74. The summed E-state index contributed by atoms with van der Waals surface area (Å²) in [6.07, 6.45) is 1.60. The summed E-state index contributed by atoms with van der Waals surface area (Å²) in [4.78, 5) is 11.4. The first-order chi connectivity index (χ1) is 5.75. The summed E-state index contributed by atoms with van der Waals surface area (Å²) >= 11 is 0. The molecule has 0 aromatic carbocycles. The fourth-order valence-corrected chi connectivity index (χ4v) is 1.61. The van der Waals surface area contributed by atoms with Gasteiger partial charge in [0.05, 0.1) is 7.11 Å². The summed E-state index contributed by atoms with van der Waals surface area (Å²) in [5, 5.41) is 6.26. The zero-order valence-electron chi connectivity index (χ0n) is 7.64. The van der Waals surface area contributed by atoms with Gasteiger partial charge in [-0.1, -0.05) is 0 Å². The summed E-state index contributed by atoms with van der Waals surface area (Å²) in [5.41, 5.74) is -0.444. The second-order valence-electron chi connectivity index (χ2n) is 3.07. The van der Waals surface area contributed by atoms with E-state index < -0.39 is 5.54 Å². The van der Waals surface area contributed by atoms with Crippen LogP contribution in [0, 0.1) is 0 Å². The molecule has 0 aromatic rings. The highest BCUT2D eigenvalue weighted by Gasteiger charge is 2.38. The average Bonchev–Trinajstić information content (AvgIpc) is 2.17. The van der Waals surface area contributed by atoms with Crippen molar-refractivity contribution >= 4 is 5.97 Å². The van der Waals surface area contributed by atoms with Crippen molar-refractivity contribution in [2.45, 2.75) is 18.4 Å². The lowest BCUT2D eigenvalue weighted by Crippen LogP contribution is -2.56. The number of nitrogens with one attached hydrogen (secondary N) is 2. The number of rotatable bonds is 2. The number of esters is 1. The third kappa shape index (κ3) is 1.59. The molecule has 4 nitrogen and oxygen atoms in total. The Morgan fingerprint density at radius 2 is 2.08 bits per heavy atom. The third-order valence-corrected chi connectivity index (χ3v) is 2.51. The molecule has 0 saturated carbocycles. The van der Waals surface area contributed by atoms with Crippen LogP contribution in [0.25, 0.3) is 0 Å². The molecule has 0 amide bonds. The van der Waals surface area contributed by atoms with E-state index in [0.29, 0.717) is 0 Å². The Morgan fingerprint density at radius 1 is 1.50 bits per heavy atom. The van der Waals surface area contributed by atoms with Gasteiger partial charge in [0.25, 0.3) is 0 Å². The van der Waals surface area contributed by atoms with Gasteiger partial charge in [0.15, 0.2) is 0 Å². The van der Waals surface area contributed by atoms with Gasteiger partial charge < -0.3 is 15.4 Å². The van der Waals surface area contributed by atoms with Crippen molar-refractivity contribution in [2.24, 2.45) is 0 Å². The first-order valence-electron chi connectivity index (χ1n) is 4.23. The van der Waals surface area contributed by atoms with Crippen molar-refractivity contribution in [1.29, 1.82) is 0 Å². The van der Waals surface area contributed by atoms with Crippen LogP contribution in [-0.2, 0) is 9.53 Å². The van der Waals surface area contributed by atoms with E-state index in [1.807, 2.05) is 7.05 Å². The molecule has 1 heterocycles. The summed E-state index contributed by atoms with van der Waals surface area (Å²) in [7, 11) is 3.24. The standard InChI is InChI=1S/C8H16N2O2/c1-9-8(7(11)12-2)3-5-10-6-4-8/h9-10H,3-6H2,1-2H3. The molecular weight excluding hydrogens is 156 g/mol. The SMILES string of the molecule is CNC1(C(=O)OC)CCNCC1. The Balaban J connectivity index is 2.66. The number of hydrogen-bond donors (Lipinski definition) is 2. The van der Waals surface area contributed by atoms with E-state index in [1.165, 1.54) is 7.11 Å². The van der Waals surface area contributed by atoms with E-state index in [4.69, 9.17) is 4.74 Å². The predicted octanol–water partition coefficient (Wildman–Crippen LogP) is -0.499. The molecule has 0 aliphatic carbocycles. The van der Waals surface area contributed by atoms with Crippen LogP contribution in [0.5, 0.6) is 0 Å². The van der Waals surface area contributed by atoms with E-state index in [1.54, 1.807) is 0 Å². The molecule has 0 aromatic heterocycles. The molecule has 1 rings (SSSR count). The molecule has 1 fully saturated rings. The second-order valence-corrected chi connectivity index (χ2v) is 3.07. The zero-order valence-corrected chi connectivity index (χ0v) is 7.64. The van der Waals surface area contributed by atoms with Crippen molar-refractivity contribution < 1.29 is 9.53 Å². The maximum absolute atomic E-state index is 11.4. The Kier molecular flexibility index (Phi) is 3.05. The number of piperidine rings is 1. The first kappa shape index (κ1) is 9.48. The number of ether oxygens (including phenoxy) is 1. The number of hydrogen-bond acceptors (Lipinski definition) is 4. The fourth-order valence-electron chi connectivity index (χ4n) is 1.61. The lowest BCUT2D eigenvalue weighted by atomic mass is 9.89. The van der Waals surface area contributed by atoms with Gasteiger partial charge in [-0.2, -0.15) is 0 Å². The van der Waals surface area contributed by atoms with E-state index in [2.05, 4.69) is 10.6 Å². The van der Waals surface area contributed by atoms with Crippen LogP contribution >= 0.6 is 0 Å². The van der Waals surface area contributed by atoms with Gasteiger partial charge in [-0.3, -0.25) is 4.79 Å². The van der Waals surface area contributed by atoms with E-state index in [0.717, 1.165) is 25.9 Å². The van der Waals surface area contributed by atoms with Gasteiger partial charge in [0.2, 0.25) is 0 Å². The Labute approximate surface area is 72.7 Å². The molecule has 2 N–H and O–H groups in total.